The van der Waals surface area contributed by atoms with E-state index in [1.807, 2.05) is 40.1 Å². The Morgan fingerprint density at radius 1 is 0.966 bits per heavy atom. The van der Waals surface area contributed by atoms with Crippen LogP contribution in [0.2, 0.25) is 0 Å². The fourth-order valence-electron chi connectivity index (χ4n) is 5.10. The van der Waals surface area contributed by atoms with Crippen LogP contribution in [0, 0.1) is 5.92 Å². The van der Waals surface area contributed by atoms with Crippen LogP contribution in [0.4, 0.5) is 5.69 Å². The van der Waals surface area contributed by atoms with Crippen molar-refractivity contribution in [3.63, 3.8) is 0 Å². The lowest BCUT2D eigenvalue weighted by Crippen LogP contribution is -2.49. The van der Waals surface area contributed by atoms with Gasteiger partial charge < -0.3 is 15.1 Å². The third-order valence-electron chi connectivity index (χ3n) is 6.67. The van der Waals surface area contributed by atoms with Crippen molar-refractivity contribution in [3.8, 4) is 0 Å². The summed E-state index contributed by atoms with van der Waals surface area (Å²) in [5.41, 5.74) is 0.920. The Morgan fingerprint density at radius 2 is 1.76 bits per heavy atom. The number of anilines is 1. The van der Waals surface area contributed by atoms with Crippen LogP contribution in [0.15, 0.2) is 42.5 Å². The van der Waals surface area contributed by atoms with Crippen LogP contribution in [-0.2, 0) is 9.59 Å². The zero-order valence-electron chi connectivity index (χ0n) is 16.7. The maximum Gasteiger partial charge on any atom is 0.228 e. The Kier molecular flexibility index (Phi) is 4.97. The molecule has 2 unspecified atom stereocenters. The average molecular weight is 393 g/mol. The monoisotopic (exact) mass is 392 g/mol. The smallest absolute Gasteiger partial charge is 0.228 e. The molecule has 29 heavy (non-hydrogen) atoms. The minimum Gasteiger partial charge on any atom is -0.341 e. The molecule has 2 aromatic carbocycles. The second kappa shape index (κ2) is 7.76. The highest BCUT2D eigenvalue weighted by atomic mass is 16.2. The second-order valence-electron chi connectivity index (χ2n) is 8.42. The highest BCUT2D eigenvalue weighted by Gasteiger charge is 2.40. The van der Waals surface area contributed by atoms with E-state index in [1.165, 1.54) is 0 Å². The third kappa shape index (κ3) is 3.51. The predicted molar refractivity (Wildman–Crippen MR) is 114 cm³/mol. The summed E-state index contributed by atoms with van der Waals surface area (Å²) in [6.07, 6.45) is 1.36. The van der Waals surface area contributed by atoms with Crippen molar-refractivity contribution in [2.45, 2.75) is 18.9 Å². The summed E-state index contributed by atoms with van der Waals surface area (Å²) in [6, 6.07) is 14.6. The quantitative estimate of drug-likeness (QED) is 0.864. The maximum atomic E-state index is 13.2. The van der Waals surface area contributed by atoms with Crippen LogP contribution in [0.5, 0.6) is 0 Å². The zero-order chi connectivity index (χ0) is 19.8. The number of hydrogen-bond donors (Lipinski definition) is 1. The molecule has 3 aliphatic rings. The number of rotatable bonds is 3. The van der Waals surface area contributed by atoms with Crippen LogP contribution in [0.25, 0.3) is 10.8 Å². The summed E-state index contributed by atoms with van der Waals surface area (Å²) in [5, 5.41) is 5.57. The molecule has 0 spiro atoms. The summed E-state index contributed by atoms with van der Waals surface area (Å²) in [7, 11) is 0. The molecule has 3 heterocycles. The molecular formula is C23H28N4O2. The van der Waals surface area contributed by atoms with E-state index in [1.54, 1.807) is 0 Å². The van der Waals surface area contributed by atoms with Gasteiger partial charge in [-0.3, -0.25) is 14.5 Å². The Morgan fingerprint density at radius 3 is 2.62 bits per heavy atom. The molecule has 2 amide bonds. The van der Waals surface area contributed by atoms with E-state index in [0.29, 0.717) is 19.0 Å². The topological polar surface area (TPSA) is 55.9 Å². The molecule has 0 aromatic heterocycles. The molecule has 3 fully saturated rings. The number of nitrogens with one attached hydrogen (secondary N) is 1. The fourth-order valence-corrected chi connectivity index (χ4v) is 5.10. The lowest BCUT2D eigenvalue weighted by atomic mass is 10.1. The predicted octanol–water partition coefficient (Wildman–Crippen LogP) is 1.70. The van der Waals surface area contributed by atoms with Gasteiger partial charge in [-0.25, -0.2) is 0 Å². The number of benzene rings is 2. The normalized spacial score (nSPS) is 25.9. The lowest BCUT2D eigenvalue weighted by Gasteiger charge is -2.32. The molecule has 0 aliphatic carbocycles. The molecule has 3 aliphatic heterocycles. The van der Waals surface area contributed by atoms with Gasteiger partial charge >= 0.3 is 0 Å². The fraction of sp³-hybridized carbons (Fsp3) is 0.478. The second-order valence-corrected chi connectivity index (χ2v) is 8.42. The first kappa shape index (κ1) is 18.6. The molecule has 0 radical (unpaired) electrons. The van der Waals surface area contributed by atoms with Gasteiger partial charge in [-0.1, -0.05) is 36.4 Å². The number of nitrogens with zero attached hydrogens (tertiary/aromatic N) is 3. The zero-order valence-corrected chi connectivity index (χ0v) is 16.7. The number of hydrogen-bond acceptors (Lipinski definition) is 4. The molecule has 0 bridgehead atoms. The van der Waals surface area contributed by atoms with Crippen LogP contribution < -0.4 is 10.2 Å². The first-order chi connectivity index (χ1) is 14.2. The minimum absolute atomic E-state index is 0.0533. The van der Waals surface area contributed by atoms with Gasteiger partial charge in [-0.15, -0.1) is 0 Å². The molecule has 152 valence electrons. The van der Waals surface area contributed by atoms with Crippen molar-refractivity contribution in [1.82, 2.24) is 15.1 Å². The molecule has 1 N–H and O–H groups in total. The van der Waals surface area contributed by atoms with Gasteiger partial charge in [0.05, 0.1) is 11.6 Å². The van der Waals surface area contributed by atoms with Gasteiger partial charge in [-0.2, -0.15) is 0 Å². The number of fused-ring (bicyclic) bond motifs is 1. The van der Waals surface area contributed by atoms with E-state index in [2.05, 4.69) is 22.3 Å². The van der Waals surface area contributed by atoms with Crippen molar-refractivity contribution in [2.75, 3.05) is 50.7 Å². The first-order valence-electron chi connectivity index (χ1n) is 10.7. The summed E-state index contributed by atoms with van der Waals surface area (Å²) >= 11 is 0. The van der Waals surface area contributed by atoms with Crippen LogP contribution >= 0.6 is 0 Å². The van der Waals surface area contributed by atoms with Crippen LogP contribution in [0.3, 0.4) is 0 Å². The minimum atomic E-state index is -0.233. The highest BCUT2D eigenvalue weighted by Crippen LogP contribution is 2.32. The number of likely N-dealkylation sites (tertiary alicyclic amines) is 1. The van der Waals surface area contributed by atoms with Crippen molar-refractivity contribution in [3.05, 3.63) is 42.5 Å². The molecular weight excluding hydrogens is 364 g/mol. The van der Waals surface area contributed by atoms with E-state index in [-0.39, 0.29) is 17.7 Å². The molecule has 3 saturated heterocycles. The van der Waals surface area contributed by atoms with Gasteiger partial charge in [0, 0.05) is 63.7 Å². The van der Waals surface area contributed by atoms with E-state index in [9.17, 15) is 9.59 Å². The van der Waals surface area contributed by atoms with Crippen molar-refractivity contribution < 1.29 is 9.59 Å². The van der Waals surface area contributed by atoms with E-state index in [4.69, 9.17) is 0 Å². The van der Waals surface area contributed by atoms with Gasteiger partial charge in [0.25, 0.3) is 0 Å². The van der Waals surface area contributed by atoms with E-state index < -0.39 is 0 Å². The number of amides is 2. The summed E-state index contributed by atoms with van der Waals surface area (Å²) in [5.74, 6) is -0.0282. The Balaban J connectivity index is 1.28. The SMILES string of the molecule is O=C(C1CC(=O)N(c2cccc3ccccc23)C1)N1CCC(N2CCNCC2)C1. The molecule has 5 rings (SSSR count). The Labute approximate surface area is 171 Å². The van der Waals surface area contributed by atoms with Gasteiger partial charge in [0.1, 0.15) is 0 Å². The molecule has 6 nitrogen and oxygen atoms in total. The van der Waals surface area contributed by atoms with Crippen LogP contribution in [0.1, 0.15) is 12.8 Å². The number of piperazine rings is 1. The largest absolute Gasteiger partial charge is 0.341 e. The van der Waals surface area contributed by atoms with E-state index >= 15 is 0 Å². The first-order valence-corrected chi connectivity index (χ1v) is 10.7. The standard InChI is InChI=1S/C23H28N4O2/c28-22-14-18(15-27(22)21-7-3-5-17-4-1-2-6-20(17)21)23(29)26-11-8-19(16-26)25-12-9-24-10-13-25/h1-7,18-19,24H,8-16H2. The Hall–Kier alpha value is -2.44. The van der Waals surface area contributed by atoms with Gasteiger partial charge in [-0.05, 0) is 17.9 Å². The van der Waals surface area contributed by atoms with Crippen molar-refractivity contribution in [2.24, 2.45) is 5.92 Å². The Bertz CT molecular complexity index is 919. The summed E-state index contributed by atoms with van der Waals surface area (Å²) in [4.78, 5) is 32.3. The maximum absolute atomic E-state index is 13.2. The van der Waals surface area contributed by atoms with Gasteiger partial charge in [0.15, 0.2) is 0 Å². The van der Waals surface area contributed by atoms with Crippen molar-refractivity contribution >= 4 is 28.3 Å². The van der Waals surface area contributed by atoms with Crippen molar-refractivity contribution in [1.29, 1.82) is 0 Å². The third-order valence-corrected chi connectivity index (χ3v) is 6.67. The summed E-state index contributed by atoms with van der Waals surface area (Å²) < 4.78 is 0. The number of carbonyl (C=O) groups is 2. The van der Waals surface area contributed by atoms with Gasteiger partial charge in [0.2, 0.25) is 11.8 Å². The molecule has 0 saturated carbocycles. The van der Waals surface area contributed by atoms with Crippen LogP contribution in [-0.4, -0.2) is 73.5 Å². The number of carbonyl (C=O) groups excluding carboxylic acids is 2. The average Bonchev–Trinajstić information content (AvgIpc) is 3.41. The summed E-state index contributed by atoms with van der Waals surface area (Å²) in [6.45, 7) is 6.28. The van der Waals surface area contributed by atoms with E-state index in [0.717, 1.165) is 62.1 Å². The lowest BCUT2D eigenvalue weighted by molar-refractivity contribution is -0.135. The highest BCUT2D eigenvalue weighted by molar-refractivity contribution is 6.07. The molecule has 2 aromatic rings. The molecule has 6 heteroatoms. The molecule has 2 atom stereocenters.